The van der Waals surface area contributed by atoms with Crippen LogP contribution in [0.5, 0.6) is 17.2 Å². The number of carbonyl (C=O) groups excluding carboxylic acids is 3. The lowest BCUT2D eigenvalue weighted by molar-refractivity contribution is -0.163. The fourth-order valence-corrected chi connectivity index (χ4v) is 7.08. The molecule has 0 bridgehead atoms. The van der Waals surface area contributed by atoms with Crippen LogP contribution in [0.3, 0.4) is 0 Å². The van der Waals surface area contributed by atoms with Crippen LogP contribution < -0.4 is 19.5 Å². The van der Waals surface area contributed by atoms with Crippen molar-refractivity contribution in [1.82, 2.24) is 10.2 Å². The van der Waals surface area contributed by atoms with E-state index in [9.17, 15) is 19.2 Å². The molecule has 2 fully saturated rings. The number of likely N-dealkylation sites (tertiary alicyclic amines) is 1. The van der Waals surface area contributed by atoms with Gasteiger partial charge < -0.3 is 34.3 Å². The molecule has 1 heterocycles. The Balaban J connectivity index is 1.38. The van der Waals surface area contributed by atoms with E-state index in [0.717, 1.165) is 50.5 Å². The predicted molar refractivity (Wildman–Crippen MR) is 190 cm³/mol. The minimum Gasteiger partial charge on any atom is -0.493 e. The Hall–Kier alpha value is -5.06. The smallest absolute Gasteiger partial charge is 0.341 e. The van der Waals surface area contributed by atoms with Gasteiger partial charge in [-0.25, -0.2) is 9.59 Å². The fourth-order valence-electron chi connectivity index (χ4n) is 7.08. The average Bonchev–Trinajstić information content (AvgIpc) is 3.17. The van der Waals surface area contributed by atoms with E-state index in [2.05, 4.69) is 5.32 Å². The van der Waals surface area contributed by atoms with E-state index in [1.807, 2.05) is 30.3 Å². The third-order valence-corrected chi connectivity index (χ3v) is 9.76. The number of ether oxygens (including phenoxy) is 4. The highest BCUT2D eigenvalue weighted by Gasteiger charge is 2.41. The molecule has 1 aliphatic heterocycles. The molecule has 2 N–H and O–H groups in total. The largest absolute Gasteiger partial charge is 0.493 e. The molecule has 3 atom stereocenters. The van der Waals surface area contributed by atoms with Crippen LogP contribution in [0.1, 0.15) is 85.4 Å². The number of piperidine rings is 1. The number of aryl methyl sites for hydroxylation is 1. The van der Waals surface area contributed by atoms with Gasteiger partial charge in [-0.2, -0.15) is 0 Å². The number of hydrogen-bond donors (Lipinski definition) is 2. The molecule has 5 rings (SSSR count). The van der Waals surface area contributed by atoms with Gasteiger partial charge in [-0.1, -0.05) is 55.7 Å². The summed E-state index contributed by atoms with van der Waals surface area (Å²) in [5, 5.41) is 12.2. The lowest BCUT2D eigenvalue weighted by Crippen LogP contribution is -2.58. The summed E-state index contributed by atoms with van der Waals surface area (Å²) in [6.45, 7) is -0.125. The highest BCUT2D eigenvalue weighted by Crippen LogP contribution is 2.33. The van der Waals surface area contributed by atoms with Gasteiger partial charge >= 0.3 is 11.9 Å². The zero-order chi connectivity index (χ0) is 36.2. The van der Waals surface area contributed by atoms with Crippen LogP contribution in [0.4, 0.5) is 0 Å². The number of carboxylic acids is 1. The molecule has 11 nitrogen and oxygen atoms in total. The summed E-state index contributed by atoms with van der Waals surface area (Å²) in [5.74, 6) is -0.702. The third-order valence-electron chi connectivity index (χ3n) is 9.76. The lowest BCUT2D eigenvalue weighted by Gasteiger charge is -2.39. The molecule has 272 valence electrons. The second kappa shape index (κ2) is 18.3. The molecule has 3 aromatic carbocycles. The van der Waals surface area contributed by atoms with E-state index in [1.54, 1.807) is 61.6 Å². The number of hydrogen-bond acceptors (Lipinski definition) is 8. The number of carbonyl (C=O) groups is 4. The van der Waals surface area contributed by atoms with E-state index < -0.39 is 36.7 Å². The SMILES string of the molecule is COc1ccc(CCC(OC(=O)C2CCCCN2C(=O)[C@@H](NC(=O)c2ccccc2)C2CCCCC2)c2cccc(OCC(=O)O)c2)cc1OC. The van der Waals surface area contributed by atoms with Crippen LogP contribution in [0, 0.1) is 5.92 Å². The van der Waals surface area contributed by atoms with Crippen molar-refractivity contribution < 1.29 is 43.2 Å². The molecular weight excluding hydrogens is 652 g/mol. The van der Waals surface area contributed by atoms with Gasteiger partial charge in [-0.05, 0) is 98.4 Å². The van der Waals surface area contributed by atoms with Gasteiger partial charge in [0.15, 0.2) is 18.1 Å². The number of benzene rings is 3. The highest BCUT2D eigenvalue weighted by atomic mass is 16.5. The van der Waals surface area contributed by atoms with Gasteiger partial charge in [0.2, 0.25) is 5.91 Å². The number of methoxy groups -OCH3 is 2. The van der Waals surface area contributed by atoms with Gasteiger partial charge in [0.05, 0.1) is 14.2 Å². The monoisotopic (exact) mass is 700 g/mol. The second-order valence-electron chi connectivity index (χ2n) is 13.2. The van der Waals surface area contributed by atoms with Gasteiger partial charge in [0, 0.05) is 12.1 Å². The summed E-state index contributed by atoms with van der Waals surface area (Å²) in [7, 11) is 3.14. The Morgan fingerprint density at radius 3 is 2.31 bits per heavy atom. The normalized spacial score (nSPS) is 17.5. The first kappa shape index (κ1) is 37.2. The van der Waals surface area contributed by atoms with Crippen molar-refractivity contribution in [1.29, 1.82) is 0 Å². The molecule has 2 aliphatic rings. The molecule has 0 aromatic heterocycles. The average molecular weight is 701 g/mol. The maximum Gasteiger partial charge on any atom is 0.341 e. The van der Waals surface area contributed by atoms with Gasteiger partial charge in [-0.3, -0.25) is 9.59 Å². The maximum absolute atomic E-state index is 14.4. The summed E-state index contributed by atoms with van der Waals surface area (Å²) < 4.78 is 22.6. The van der Waals surface area contributed by atoms with Crippen LogP contribution in [0.2, 0.25) is 0 Å². The van der Waals surface area contributed by atoms with E-state index in [0.29, 0.717) is 54.2 Å². The van der Waals surface area contributed by atoms with Crippen LogP contribution in [-0.2, 0) is 25.5 Å². The lowest BCUT2D eigenvalue weighted by atomic mass is 9.82. The molecule has 0 radical (unpaired) electrons. The number of carboxylic acid groups (broad SMARTS) is 1. The fraction of sp³-hybridized carbons (Fsp3) is 0.450. The third kappa shape index (κ3) is 10.0. The molecule has 1 saturated carbocycles. The molecule has 51 heavy (non-hydrogen) atoms. The first-order chi connectivity index (χ1) is 24.8. The minimum absolute atomic E-state index is 0.0275. The standard InChI is InChI=1S/C40H48N2O9/c1-48-34-22-20-27(24-35(34)49-2)19-21-33(30-16-11-17-31(25-30)50-26-36(43)44)51-40(47)32-18-9-10-23-42(32)39(46)37(28-12-5-3-6-13-28)41-38(45)29-14-7-4-8-15-29/h4,7-8,11,14-17,20,22,24-25,28,32-33,37H,3,5-6,9-10,12-13,18-19,21,23,26H2,1-2H3,(H,41,45)(H,43,44)/t32?,33?,37-/m0/s1. The molecule has 0 spiro atoms. The first-order valence-electron chi connectivity index (χ1n) is 17.8. The number of amides is 2. The number of esters is 1. The summed E-state index contributed by atoms with van der Waals surface area (Å²) in [6.07, 6.45) is 6.83. The Morgan fingerprint density at radius 1 is 0.843 bits per heavy atom. The van der Waals surface area contributed by atoms with Crippen molar-refractivity contribution in [3.05, 3.63) is 89.5 Å². The Labute approximate surface area is 299 Å². The van der Waals surface area contributed by atoms with Crippen molar-refractivity contribution in [3.63, 3.8) is 0 Å². The van der Waals surface area contributed by atoms with Crippen LogP contribution in [-0.4, -0.2) is 73.2 Å². The molecule has 3 aromatic rings. The Kier molecular flexibility index (Phi) is 13.3. The first-order valence-corrected chi connectivity index (χ1v) is 17.8. The number of rotatable bonds is 15. The molecule has 11 heteroatoms. The van der Waals surface area contributed by atoms with E-state index in [4.69, 9.17) is 24.1 Å². The summed E-state index contributed by atoms with van der Waals surface area (Å²) in [4.78, 5) is 54.8. The topological polar surface area (TPSA) is 141 Å². The van der Waals surface area contributed by atoms with Crippen molar-refractivity contribution in [3.8, 4) is 17.2 Å². The molecule has 1 aliphatic carbocycles. The van der Waals surface area contributed by atoms with Gasteiger partial charge in [0.1, 0.15) is 23.9 Å². The molecular formula is C40H48N2O9. The molecule has 2 amide bonds. The van der Waals surface area contributed by atoms with Crippen molar-refractivity contribution in [2.24, 2.45) is 5.92 Å². The Morgan fingerprint density at radius 2 is 1.59 bits per heavy atom. The highest BCUT2D eigenvalue weighted by molar-refractivity contribution is 5.98. The van der Waals surface area contributed by atoms with Crippen molar-refractivity contribution in [2.45, 2.75) is 82.4 Å². The van der Waals surface area contributed by atoms with E-state index in [-0.39, 0.29) is 17.7 Å². The zero-order valence-corrected chi connectivity index (χ0v) is 29.4. The number of nitrogens with zero attached hydrogens (tertiary/aromatic N) is 1. The minimum atomic E-state index is -1.11. The van der Waals surface area contributed by atoms with Crippen molar-refractivity contribution >= 4 is 23.8 Å². The Bertz CT molecular complexity index is 1640. The molecule has 2 unspecified atom stereocenters. The van der Waals surface area contributed by atoms with E-state index in [1.165, 1.54) is 0 Å². The summed E-state index contributed by atoms with van der Waals surface area (Å²) >= 11 is 0. The summed E-state index contributed by atoms with van der Waals surface area (Å²) in [5.41, 5.74) is 2.05. The maximum atomic E-state index is 14.4. The molecule has 1 saturated heterocycles. The van der Waals surface area contributed by atoms with Gasteiger partial charge in [0.25, 0.3) is 5.91 Å². The van der Waals surface area contributed by atoms with Crippen LogP contribution in [0.15, 0.2) is 72.8 Å². The van der Waals surface area contributed by atoms with Crippen LogP contribution >= 0.6 is 0 Å². The quantitative estimate of drug-likeness (QED) is 0.179. The summed E-state index contributed by atoms with van der Waals surface area (Å²) in [6, 6.07) is 19.8. The van der Waals surface area contributed by atoms with Crippen LogP contribution in [0.25, 0.3) is 0 Å². The number of aliphatic carboxylic acids is 1. The second-order valence-corrected chi connectivity index (χ2v) is 13.2. The zero-order valence-electron chi connectivity index (χ0n) is 29.4. The predicted octanol–water partition coefficient (Wildman–Crippen LogP) is 6.14. The van der Waals surface area contributed by atoms with Crippen molar-refractivity contribution in [2.75, 3.05) is 27.4 Å². The van der Waals surface area contributed by atoms with Gasteiger partial charge in [-0.15, -0.1) is 0 Å². The van der Waals surface area contributed by atoms with E-state index >= 15 is 0 Å². The number of nitrogens with one attached hydrogen (secondary N) is 1.